The van der Waals surface area contributed by atoms with Crippen molar-refractivity contribution in [1.82, 2.24) is 14.9 Å². The lowest BCUT2D eigenvalue weighted by Gasteiger charge is -2.14. The number of methoxy groups -OCH3 is 1. The molecule has 2 aromatic heterocycles. The minimum Gasteiger partial charge on any atom is -0.486 e. The van der Waals surface area contributed by atoms with Crippen LogP contribution in [0, 0.1) is 25.7 Å². The molecular formula is C31H49Br2N5O3. The van der Waals surface area contributed by atoms with Gasteiger partial charge in [0.1, 0.15) is 0 Å². The largest absolute Gasteiger partial charge is 0.486 e. The van der Waals surface area contributed by atoms with E-state index in [4.69, 9.17) is 14.2 Å². The van der Waals surface area contributed by atoms with Crippen LogP contribution in [-0.2, 0) is 4.74 Å². The van der Waals surface area contributed by atoms with E-state index in [0.29, 0.717) is 36.8 Å². The van der Waals surface area contributed by atoms with E-state index in [-0.39, 0.29) is 0 Å². The Morgan fingerprint density at radius 1 is 0.805 bits per heavy atom. The van der Waals surface area contributed by atoms with Crippen LogP contribution < -0.4 is 9.47 Å². The molecule has 10 heteroatoms. The maximum Gasteiger partial charge on any atom is 0.228 e. The first-order valence-corrected chi connectivity index (χ1v) is 16.0. The average molecular weight is 700 g/mol. The van der Waals surface area contributed by atoms with Crippen molar-refractivity contribution < 1.29 is 14.2 Å². The van der Waals surface area contributed by atoms with E-state index in [2.05, 4.69) is 98.3 Å². The van der Waals surface area contributed by atoms with Gasteiger partial charge in [0.25, 0.3) is 0 Å². The van der Waals surface area contributed by atoms with Gasteiger partial charge in [-0.1, -0.05) is 27.7 Å². The van der Waals surface area contributed by atoms with Gasteiger partial charge < -0.3 is 19.1 Å². The highest BCUT2D eigenvalue weighted by molar-refractivity contribution is 9.10. The van der Waals surface area contributed by atoms with Crippen molar-refractivity contribution in [2.24, 2.45) is 21.8 Å². The number of rotatable bonds is 16. The van der Waals surface area contributed by atoms with Crippen molar-refractivity contribution in [1.29, 1.82) is 0 Å². The molecular weight excluding hydrogens is 650 g/mol. The summed E-state index contributed by atoms with van der Waals surface area (Å²) in [6.07, 6.45) is 7.68. The van der Waals surface area contributed by atoms with Gasteiger partial charge in [-0.3, -0.25) is 0 Å². The average Bonchev–Trinajstić information content (AvgIpc) is 2.92. The fraction of sp³-hybridized carbons (Fsp3) is 0.613. The maximum absolute atomic E-state index is 5.77. The van der Waals surface area contributed by atoms with Gasteiger partial charge in [-0.25, -0.2) is 20.0 Å². The molecule has 2 heterocycles. The number of aromatic nitrogens is 2. The summed E-state index contributed by atoms with van der Waals surface area (Å²) in [7, 11) is 1.56. The summed E-state index contributed by atoms with van der Waals surface area (Å²) in [5.74, 6) is 2.69. The molecule has 0 spiro atoms. The second-order valence-electron chi connectivity index (χ2n) is 10.5. The highest BCUT2D eigenvalue weighted by Gasteiger charge is 2.10. The van der Waals surface area contributed by atoms with Gasteiger partial charge in [0.05, 0.1) is 58.4 Å². The predicted molar refractivity (Wildman–Crippen MR) is 179 cm³/mol. The Morgan fingerprint density at radius 2 is 1.24 bits per heavy atom. The van der Waals surface area contributed by atoms with Crippen LogP contribution in [-0.4, -0.2) is 61.0 Å². The summed E-state index contributed by atoms with van der Waals surface area (Å²) in [4.78, 5) is 19.7. The fourth-order valence-electron chi connectivity index (χ4n) is 3.52. The molecule has 0 aliphatic heterocycles. The second kappa shape index (κ2) is 20.6. The molecule has 0 aliphatic carbocycles. The monoisotopic (exact) mass is 697 g/mol. The summed E-state index contributed by atoms with van der Waals surface area (Å²) in [5, 5.41) is 0. The molecule has 0 N–H and O–H groups in total. The quantitative estimate of drug-likeness (QED) is 0.0988. The number of hydrogen-bond donors (Lipinski definition) is 0. The van der Waals surface area contributed by atoms with E-state index in [9.17, 15) is 0 Å². The number of nitrogens with zero attached hydrogens (tertiary/aromatic N) is 5. The lowest BCUT2D eigenvalue weighted by atomic mass is 10.1. The van der Waals surface area contributed by atoms with Gasteiger partial charge in [0.2, 0.25) is 11.8 Å². The van der Waals surface area contributed by atoms with Gasteiger partial charge >= 0.3 is 0 Å². The van der Waals surface area contributed by atoms with E-state index in [1.807, 2.05) is 32.3 Å². The van der Waals surface area contributed by atoms with Crippen molar-refractivity contribution >= 4 is 56.0 Å². The Kier molecular flexibility index (Phi) is 18.5. The zero-order chi connectivity index (χ0) is 30.8. The number of aryl methyl sites for hydroxylation is 2. The molecule has 0 atom stereocenters. The third-order valence-electron chi connectivity index (χ3n) is 6.01. The van der Waals surface area contributed by atoms with Crippen molar-refractivity contribution in [2.45, 2.75) is 81.1 Å². The Balaban J connectivity index is 0.000000414. The summed E-state index contributed by atoms with van der Waals surface area (Å²) in [6.45, 7) is 20.2. The Hall–Kier alpha value is -2.20. The van der Waals surface area contributed by atoms with E-state index < -0.39 is 0 Å². The molecule has 0 fully saturated rings. The molecule has 0 aliphatic rings. The van der Waals surface area contributed by atoms with Crippen molar-refractivity contribution in [3.8, 4) is 11.8 Å². The number of hydrogen-bond acceptors (Lipinski definition) is 7. The molecule has 8 nitrogen and oxygen atoms in total. The molecule has 0 bridgehead atoms. The van der Waals surface area contributed by atoms with Gasteiger partial charge in [0.15, 0.2) is 6.40 Å². The predicted octanol–water partition coefficient (Wildman–Crippen LogP) is 9.24. The lowest BCUT2D eigenvalue weighted by molar-refractivity contribution is 0.285. The topological polar surface area (TPSA) is 81.4 Å². The Labute approximate surface area is 264 Å². The smallest absolute Gasteiger partial charge is 0.228 e. The number of halogens is 2. The van der Waals surface area contributed by atoms with Crippen LogP contribution in [0.2, 0.25) is 0 Å². The SMILES string of the molecule is CCN(C=Nc1cc(Br)c(OCCCC(C)C)nc1C)CC.COC=Nc1cc(Br)c(OCCCC(C)C)nc1C. The molecule has 41 heavy (non-hydrogen) atoms. The minimum atomic E-state index is 0.623. The Bertz CT molecular complexity index is 1090. The standard InChI is InChI=1S/C17H28BrN3O.C14H21BrN2O2/c1-6-21(7-2)12-19-16-11-15(18)17(20-14(16)5)22-10-8-9-13(3)4;1-10(2)6-5-7-19-14-12(15)8-13(11(3)17-14)16-9-18-4/h11-13H,6-10H2,1-5H3;8-10H,5-7H2,1-4H3. The first-order valence-electron chi connectivity index (χ1n) is 14.5. The second-order valence-corrected chi connectivity index (χ2v) is 12.2. The van der Waals surface area contributed by atoms with E-state index in [0.717, 1.165) is 64.1 Å². The van der Waals surface area contributed by atoms with Crippen LogP contribution in [0.1, 0.15) is 78.6 Å². The van der Waals surface area contributed by atoms with Crippen molar-refractivity contribution in [3.63, 3.8) is 0 Å². The first-order chi connectivity index (χ1) is 19.5. The van der Waals surface area contributed by atoms with Gasteiger partial charge in [-0.2, -0.15) is 0 Å². The van der Waals surface area contributed by atoms with Crippen LogP contribution in [0.5, 0.6) is 11.8 Å². The molecule has 2 aromatic rings. The van der Waals surface area contributed by atoms with Crippen LogP contribution in [0.25, 0.3) is 0 Å². The highest BCUT2D eigenvalue weighted by atomic mass is 79.9. The summed E-state index contributed by atoms with van der Waals surface area (Å²) in [5.41, 5.74) is 3.33. The number of pyridine rings is 2. The molecule has 0 unspecified atom stereocenters. The third-order valence-corrected chi connectivity index (χ3v) is 7.15. The van der Waals surface area contributed by atoms with Crippen molar-refractivity contribution in [3.05, 3.63) is 32.5 Å². The van der Waals surface area contributed by atoms with E-state index in [1.165, 1.54) is 12.8 Å². The molecule has 0 aromatic carbocycles. The summed E-state index contributed by atoms with van der Waals surface area (Å²) in [6, 6.07) is 3.86. The van der Waals surface area contributed by atoms with Crippen LogP contribution in [0.15, 0.2) is 31.1 Å². The van der Waals surface area contributed by atoms with Crippen molar-refractivity contribution in [2.75, 3.05) is 33.4 Å². The normalized spacial score (nSPS) is 11.3. The van der Waals surface area contributed by atoms with Gasteiger partial charge in [-0.15, -0.1) is 0 Å². The highest BCUT2D eigenvalue weighted by Crippen LogP contribution is 2.31. The molecule has 2 rings (SSSR count). The fourth-order valence-corrected chi connectivity index (χ4v) is 4.36. The van der Waals surface area contributed by atoms with E-state index in [1.54, 1.807) is 7.11 Å². The molecule has 0 amide bonds. The minimum absolute atomic E-state index is 0.623. The van der Waals surface area contributed by atoms with Crippen LogP contribution in [0.4, 0.5) is 11.4 Å². The zero-order valence-corrected chi connectivity index (χ0v) is 29.5. The summed E-state index contributed by atoms with van der Waals surface area (Å²) < 4.78 is 17.9. The van der Waals surface area contributed by atoms with Gasteiger partial charge in [0, 0.05) is 13.1 Å². The number of aliphatic imine (C=N–C) groups is 2. The molecule has 0 saturated carbocycles. The molecule has 0 radical (unpaired) electrons. The first kappa shape index (κ1) is 36.8. The molecule has 230 valence electrons. The van der Waals surface area contributed by atoms with Crippen LogP contribution >= 0.6 is 31.9 Å². The number of ether oxygens (including phenoxy) is 3. The van der Waals surface area contributed by atoms with Gasteiger partial charge in [-0.05, 0) is 109 Å². The maximum atomic E-state index is 5.77. The Morgan fingerprint density at radius 3 is 1.63 bits per heavy atom. The zero-order valence-electron chi connectivity index (χ0n) is 26.3. The lowest BCUT2D eigenvalue weighted by Crippen LogP contribution is -2.20. The van der Waals surface area contributed by atoms with E-state index >= 15 is 0 Å². The summed E-state index contributed by atoms with van der Waals surface area (Å²) >= 11 is 6.98. The third kappa shape index (κ3) is 15.0. The van der Waals surface area contributed by atoms with Crippen LogP contribution in [0.3, 0.4) is 0 Å². The molecule has 0 saturated heterocycles.